The SMILES string of the molecule is COc1cccc(-c2nc3c(Br)cc(Br)c(C)n3c2NC(C)(C)CC(C)(C)C)c1OC. The number of rotatable bonds is 6. The molecule has 2 heterocycles. The number of pyridine rings is 1. The number of aromatic nitrogens is 2. The zero-order chi connectivity index (χ0) is 23.1. The zero-order valence-electron chi connectivity index (χ0n) is 19.5. The van der Waals surface area contributed by atoms with E-state index >= 15 is 0 Å². The van der Waals surface area contributed by atoms with Crippen LogP contribution in [0.3, 0.4) is 0 Å². The van der Waals surface area contributed by atoms with Gasteiger partial charge in [-0.05, 0) is 82.7 Å². The van der Waals surface area contributed by atoms with E-state index in [0.29, 0.717) is 11.5 Å². The van der Waals surface area contributed by atoms with Crippen molar-refractivity contribution >= 4 is 43.3 Å². The molecule has 0 aliphatic rings. The minimum atomic E-state index is -0.170. The van der Waals surface area contributed by atoms with Gasteiger partial charge in [0.2, 0.25) is 0 Å². The van der Waals surface area contributed by atoms with E-state index in [1.807, 2.05) is 24.3 Å². The van der Waals surface area contributed by atoms with E-state index in [1.54, 1.807) is 14.2 Å². The van der Waals surface area contributed by atoms with E-state index in [0.717, 1.165) is 43.8 Å². The molecule has 0 radical (unpaired) electrons. The minimum Gasteiger partial charge on any atom is -0.493 e. The Morgan fingerprint density at radius 1 is 1.03 bits per heavy atom. The predicted molar refractivity (Wildman–Crippen MR) is 136 cm³/mol. The number of hydrogen-bond acceptors (Lipinski definition) is 4. The molecule has 3 rings (SSSR count). The van der Waals surface area contributed by atoms with Gasteiger partial charge in [0.25, 0.3) is 0 Å². The number of imidazole rings is 1. The maximum Gasteiger partial charge on any atom is 0.170 e. The third-order valence-electron chi connectivity index (χ3n) is 5.11. The van der Waals surface area contributed by atoms with Gasteiger partial charge in [-0.3, -0.25) is 4.40 Å². The summed E-state index contributed by atoms with van der Waals surface area (Å²) >= 11 is 7.39. The van der Waals surface area contributed by atoms with E-state index in [2.05, 4.69) is 83.1 Å². The van der Waals surface area contributed by atoms with Gasteiger partial charge in [-0.25, -0.2) is 4.98 Å². The van der Waals surface area contributed by atoms with Gasteiger partial charge < -0.3 is 14.8 Å². The summed E-state index contributed by atoms with van der Waals surface area (Å²) in [7, 11) is 3.31. The molecule has 1 N–H and O–H groups in total. The summed E-state index contributed by atoms with van der Waals surface area (Å²) < 4.78 is 15.4. The van der Waals surface area contributed by atoms with Crippen LogP contribution in [-0.4, -0.2) is 29.1 Å². The van der Waals surface area contributed by atoms with Crippen molar-refractivity contribution in [3.63, 3.8) is 0 Å². The normalized spacial score (nSPS) is 12.3. The second kappa shape index (κ2) is 8.66. The van der Waals surface area contributed by atoms with E-state index < -0.39 is 0 Å². The Morgan fingerprint density at radius 2 is 1.71 bits per heavy atom. The number of para-hydroxylation sites is 1. The Kier molecular flexibility index (Phi) is 6.68. The summed E-state index contributed by atoms with van der Waals surface area (Å²) in [6.07, 6.45) is 0.982. The molecule has 1 aromatic carbocycles. The van der Waals surface area contributed by atoms with Crippen molar-refractivity contribution in [2.24, 2.45) is 5.41 Å². The molecule has 0 aliphatic carbocycles. The van der Waals surface area contributed by atoms with Crippen molar-refractivity contribution in [3.8, 4) is 22.8 Å². The molecule has 0 spiro atoms. The van der Waals surface area contributed by atoms with E-state index in [-0.39, 0.29) is 11.0 Å². The number of halogens is 2. The molecule has 0 atom stereocenters. The molecule has 3 aromatic rings. The highest BCUT2D eigenvalue weighted by atomic mass is 79.9. The first kappa shape index (κ1) is 23.9. The third kappa shape index (κ3) is 4.87. The van der Waals surface area contributed by atoms with Crippen LogP contribution < -0.4 is 14.8 Å². The van der Waals surface area contributed by atoms with Crippen molar-refractivity contribution in [1.82, 2.24) is 9.38 Å². The smallest absolute Gasteiger partial charge is 0.170 e. The average Bonchev–Trinajstić information content (AvgIpc) is 3.02. The Labute approximate surface area is 201 Å². The first-order valence-corrected chi connectivity index (χ1v) is 11.8. The molecule has 0 aliphatic heterocycles. The van der Waals surface area contributed by atoms with Crippen molar-refractivity contribution in [2.75, 3.05) is 19.5 Å². The summed E-state index contributed by atoms with van der Waals surface area (Å²) in [5.41, 5.74) is 3.60. The molecule has 0 saturated carbocycles. The monoisotopic (exact) mass is 551 g/mol. The lowest BCUT2D eigenvalue weighted by Crippen LogP contribution is -2.36. The summed E-state index contributed by atoms with van der Waals surface area (Å²) in [4.78, 5) is 5.05. The molecular weight excluding hydrogens is 522 g/mol. The molecule has 0 saturated heterocycles. The Balaban J connectivity index is 2.34. The molecule has 168 valence electrons. The predicted octanol–water partition coefficient (Wildman–Crippen LogP) is 7.48. The summed E-state index contributed by atoms with van der Waals surface area (Å²) in [6.45, 7) is 13.3. The van der Waals surface area contributed by atoms with Gasteiger partial charge >= 0.3 is 0 Å². The van der Waals surface area contributed by atoms with Gasteiger partial charge in [0.1, 0.15) is 11.5 Å². The number of aryl methyl sites for hydroxylation is 1. The lowest BCUT2D eigenvalue weighted by atomic mass is 9.82. The minimum absolute atomic E-state index is 0.168. The fourth-order valence-corrected chi connectivity index (χ4v) is 5.57. The topological polar surface area (TPSA) is 47.8 Å². The lowest BCUT2D eigenvalue weighted by molar-refractivity contribution is 0.302. The number of nitrogens with zero attached hydrogens (tertiary/aromatic N) is 2. The molecule has 0 bridgehead atoms. The molecule has 31 heavy (non-hydrogen) atoms. The Morgan fingerprint density at radius 3 is 2.29 bits per heavy atom. The number of methoxy groups -OCH3 is 2. The van der Waals surface area contributed by atoms with Gasteiger partial charge in [-0.1, -0.05) is 26.8 Å². The van der Waals surface area contributed by atoms with Crippen LogP contribution in [0.1, 0.15) is 46.7 Å². The van der Waals surface area contributed by atoms with E-state index in [1.165, 1.54) is 0 Å². The number of benzene rings is 1. The second-order valence-corrected chi connectivity index (χ2v) is 11.4. The molecule has 7 heteroatoms. The number of ether oxygens (including phenoxy) is 2. The zero-order valence-corrected chi connectivity index (χ0v) is 22.7. The van der Waals surface area contributed by atoms with Crippen molar-refractivity contribution in [2.45, 2.75) is 53.5 Å². The second-order valence-electron chi connectivity index (χ2n) is 9.68. The van der Waals surface area contributed by atoms with Crippen LogP contribution in [0.4, 0.5) is 5.82 Å². The van der Waals surface area contributed by atoms with Gasteiger partial charge in [-0.15, -0.1) is 0 Å². The van der Waals surface area contributed by atoms with Crippen LogP contribution in [0, 0.1) is 12.3 Å². The van der Waals surface area contributed by atoms with Crippen molar-refractivity contribution in [1.29, 1.82) is 0 Å². The van der Waals surface area contributed by atoms with Gasteiger partial charge in [0, 0.05) is 21.3 Å². The van der Waals surface area contributed by atoms with Crippen LogP contribution in [0.5, 0.6) is 11.5 Å². The standard InChI is InChI=1S/C24H31Br2N3O2/c1-14-16(25)12-17(26)21-27-19(15-10-9-11-18(30-7)20(15)31-8)22(29(14)21)28-24(5,6)13-23(2,3)4/h9-12,28H,13H2,1-8H3. The molecule has 5 nitrogen and oxygen atoms in total. The molecule has 0 unspecified atom stereocenters. The lowest BCUT2D eigenvalue weighted by Gasteiger charge is -2.34. The van der Waals surface area contributed by atoms with Crippen molar-refractivity contribution < 1.29 is 9.47 Å². The maximum atomic E-state index is 5.74. The summed E-state index contributed by atoms with van der Waals surface area (Å²) in [5.74, 6) is 2.27. The number of nitrogens with one attached hydrogen (secondary N) is 1. The van der Waals surface area contributed by atoms with Crippen LogP contribution in [-0.2, 0) is 0 Å². The maximum absolute atomic E-state index is 5.74. The van der Waals surface area contributed by atoms with Crippen molar-refractivity contribution in [3.05, 3.63) is 38.9 Å². The number of fused-ring (bicyclic) bond motifs is 1. The summed E-state index contributed by atoms with van der Waals surface area (Å²) in [6, 6.07) is 7.91. The molecule has 0 amide bonds. The summed E-state index contributed by atoms with van der Waals surface area (Å²) in [5, 5.41) is 3.81. The third-order valence-corrected chi connectivity index (χ3v) is 6.50. The number of anilines is 1. The highest BCUT2D eigenvalue weighted by Gasteiger charge is 2.30. The first-order valence-electron chi connectivity index (χ1n) is 10.2. The highest BCUT2D eigenvalue weighted by molar-refractivity contribution is 9.11. The Hall–Kier alpha value is -1.73. The molecule has 0 fully saturated rings. The van der Waals surface area contributed by atoms with Crippen LogP contribution in [0.25, 0.3) is 16.9 Å². The Bertz CT molecular complexity index is 1110. The van der Waals surface area contributed by atoms with E-state index in [4.69, 9.17) is 14.5 Å². The number of hydrogen-bond donors (Lipinski definition) is 1. The fraction of sp³-hybridized carbons (Fsp3) is 0.458. The molecule has 2 aromatic heterocycles. The molecular formula is C24H31Br2N3O2. The first-order chi connectivity index (χ1) is 14.4. The quantitative estimate of drug-likeness (QED) is 0.344. The highest BCUT2D eigenvalue weighted by Crippen LogP contribution is 2.43. The average molecular weight is 553 g/mol. The van der Waals surface area contributed by atoms with E-state index in [9.17, 15) is 0 Å². The van der Waals surface area contributed by atoms with Crippen LogP contribution in [0.15, 0.2) is 33.2 Å². The fourth-order valence-electron chi connectivity index (χ4n) is 4.36. The largest absolute Gasteiger partial charge is 0.493 e. The van der Waals surface area contributed by atoms with Gasteiger partial charge in [-0.2, -0.15) is 0 Å². The van der Waals surface area contributed by atoms with Gasteiger partial charge in [0.15, 0.2) is 17.1 Å². The van der Waals surface area contributed by atoms with Crippen LogP contribution in [0.2, 0.25) is 0 Å². The van der Waals surface area contributed by atoms with Gasteiger partial charge in [0.05, 0.1) is 18.7 Å². The van der Waals surface area contributed by atoms with Crippen LogP contribution >= 0.6 is 31.9 Å².